The van der Waals surface area contributed by atoms with Gasteiger partial charge in [0, 0.05) is 30.9 Å². The van der Waals surface area contributed by atoms with E-state index in [2.05, 4.69) is 6.58 Å². The molecule has 0 saturated carbocycles. The molecule has 3 aromatic carbocycles. The van der Waals surface area contributed by atoms with Crippen molar-refractivity contribution < 1.29 is 9.72 Å². The van der Waals surface area contributed by atoms with Crippen LogP contribution in [0.4, 0.5) is 16.2 Å². The van der Waals surface area contributed by atoms with Crippen LogP contribution >= 0.6 is 0 Å². The van der Waals surface area contributed by atoms with Crippen LogP contribution in [0.2, 0.25) is 0 Å². The number of hydrogen-bond acceptors (Lipinski definition) is 3. The highest BCUT2D eigenvalue weighted by atomic mass is 16.6. The van der Waals surface area contributed by atoms with E-state index in [9.17, 15) is 14.9 Å². The van der Waals surface area contributed by atoms with E-state index in [0.29, 0.717) is 18.8 Å². The molecule has 6 nitrogen and oxygen atoms in total. The van der Waals surface area contributed by atoms with E-state index in [4.69, 9.17) is 0 Å². The van der Waals surface area contributed by atoms with Crippen LogP contribution in [0.1, 0.15) is 16.7 Å². The smallest absolute Gasteiger partial charge is 0.318 e. The van der Waals surface area contributed by atoms with Gasteiger partial charge in [-0.05, 0) is 35.8 Å². The monoisotopic (exact) mass is 413 g/mol. The number of non-ortho nitro benzene ring substituents is 1. The molecule has 156 valence electrons. The molecule has 0 spiro atoms. The zero-order valence-corrected chi connectivity index (χ0v) is 17.3. The number of nitrogens with zero attached hydrogens (tertiary/aromatic N) is 3. The highest BCUT2D eigenvalue weighted by Gasteiger charge is 2.40. The van der Waals surface area contributed by atoms with Crippen LogP contribution in [-0.2, 0) is 6.54 Å². The third-order valence-electron chi connectivity index (χ3n) is 5.56. The Labute approximate surface area is 181 Å². The summed E-state index contributed by atoms with van der Waals surface area (Å²) in [4.78, 5) is 27.5. The summed E-state index contributed by atoms with van der Waals surface area (Å²) in [6, 6.07) is 23.6. The maximum absolute atomic E-state index is 13.4. The van der Waals surface area contributed by atoms with Crippen molar-refractivity contribution in [3.63, 3.8) is 0 Å². The van der Waals surface area contributed by atoms with Crippen LogP contribution in [0.3, 0.4) is 0 Å². The van der Waals surface area contributed by atoms with E-state index in [1.165, 1.54) is 12.1 Å². The van der Waals surface area contributed by atoms with Crippen molar-refractivity contribution in [3.05, 3.63) is 112 Å². The van der Waals surface area contributed by atoms with E-state index < -0.39 is 4.92 Å². The number of urea groups is 1. The zero-order valence-electron chi connectivity index (χ0n) is 17.3. The van der Waals surface area contributed by atoms with Gasteiger partial charge in [-0.25, -0.2) is 4.79 Å². The molecule has 1 atom stereocenters. The number of anilines is 1. The van der Waals surface area contributed by atoms with E-state index in [-0.39, 0.29) is 17.8 Å². The van der Waals surface area contributed by atoms with Gasteiger partial charge in [0.25, 0.3) is 5.69 Å². The van der Waals surface area contributed by atoms with Crippen LogP contribution in [0.15, 0.2) is 85.4 Å². The van der Waals surface area contributed by atoms with Crippen molar-refractivity contribution in [1.29, 1.82) is 0 Å². The van der Waals surface area contributed by atoms with Crippen molar-refractivity contribution in [2.45, 2.75) is 19.5 Å². The largest absolute Gasteiger partial charge is 0.325 e. The minimum atomic E-state index is -0.444. The number of rotatable bonds is 6. The van der Waals surface area contributed by atoms with Crippen LogP contribution in [-0.4, -0.2) is 28.4 Å². The molecule has 0 aliphatic carbocycles. The van der Waals surface area contributed by atoms with Gasteiger partial charge in [0.1, 0.15) is 0 Å². The quantitative estimate of drug-likeness (QED) is 0.400. The highest BCUT2D eigenvalue weighted by molar-refractivity contribution is 5.99. The lowest BCUT2D eigenvalue weighted by atomic mass is 9.98. The summed E-state index contributed by atoms with van der Waals surface area (Å²) in [5.41, 5.74) is 4.60. The fourth-order valence-electron chi connectivity index (χ4n) is 3.84. The molecule has 3 aromatic rings. The van der Waals surface area contributed by atoms with Crippen molar-refractivity contribution in [2.75, 3.05) is 11.4 Å². The Morgan fingerprint density at radius 3 is 2.29 bits per heavy atom. The first-order valence-corrected chi connectivity index (χ1v) is 10.1. The Hall–Kier alpha value is -3.93. The average Bonchev–Trinajstić information content (AvgIpc) is 3.10. The summed E-state index contributed by atoms with van der Waals surface area (Å²) >= 11 is 0. The van der Waals surface area contributed by atoms with Gasteiger partial charge in [0.15, 0.2) is 0 Å². The van der Waals surface area contributed by atoms with Crippen molar-refractivity contribution in [2.24, 2.45) is 0 Å². The summed E-state index contributed by atoms with van der Waals surface area (Å²) in [7, 11) is 0. The number of benzene rings is 3. The SMILES string of the molecule is C=C(c1ccc(C)cc1)C1CN(Cc2ccccc2)C(=O)N1c1ccc([N+](=O)[O-])cc1. The molecule has 1 aliphatic heterocycles. The molecule has 0 radical (unpaired) electrons. The Morgan fingerprint density at radius 1 is 1.03 bits per heavy atom. The third kappa shape index (κ3) is 4.19. The standard InChI is InChI=1S/C25H23N3O3/c1-18-8-10-21(11-9-18)19(2)24-17-26(16-20-6-4-3-5-7-20)25(29)27(24)22-12-14-23(15-13-22)28(30)31/h3-15,24H,2,16-17H2,1H3. The molecule has 1 fully saturated rings. The topological polar surface area (TPSA) is 66.7 Å². The van der Waals surface area contributed by atoms with Crippen molar-refractivity contribution in [1.82, 2.24) is 4.90 Å². The molecule has 0 N–H and O–H groups in total. The second kappa shape index (κ2) is 8.44. The number of carbonyl (C=O) groups is 1. The van der Waals surface area contributed by atoms with Gasteiger partial charge in [-0.1, -0.05) is 66.7 Å². The molecule has 1 heterocycles. The molecule has 6 heteroatoms. The van der Waals surface area contributed by atoms with E-state index >= 15 is 0 Å². The number of nitro benzene ring substituents is 1. The van der Waals surface area contributed by atoms with E-state index in [1.54, 1.807) is 21.9 Å². The number of nitro groups is 1. The summed E-state index contributed by atoms with van der Waals surface area (Å²) in [6.07, 6.45) is 0. The zero-order chi connectivity index (χ0) is 22.0. The fraction of sp³-hybridized carbons (Fsp3) is 0.160. The fourth-order valence-corrected chi connectivity index (χ4v) is 3.84. The minimum Gasteiger partial charge on any atom is -0.318 e. The Morgan fingerprint density at radius 2 is 1.68 bits per heavy atom. The van der Waals surface area contributed by atoms with Gasteiger partial charge in [-0.3, -0.25) is 15.0 Å². The van der Waals surface area contributed by atoms with E-state index in [0.717, 1.165) is 22.3 Å². The Bertz CT molecular complexity index is 1110. The van der Waals surface area contributed by atoms with Gasteiger partial charge < -0.3 is 4.90 Å². The predicted molar refractivity (Wildman–Crippen MR) is 122 cm³/mol. The van der Waals surface area contributed by atoms with Gasteiger partial charge in [-0.2, -0.15) is 0 Å². The van der Waals surface area contributed by atoms with Gasteiger partial charge in [-0.15, -0.1) is 0 Å². The summed E-state index contributed by atoms with van der Waals surface area (Å²) in [6.45, 7) is 7.30. The first-order valence-electron chi connectivity index (χ1n) is 10.1. The summed E-state index contributed by atoms with van der Waals surface area (Å²) in [5, 5.41) is 11.0. The Kier molecular flexibility index (Phi) is 5.54. The number of aryl methyl sites for hydroxylation is 1. The van der Waals surface area contributed by atoms with Gasteiger partial charge >= 0.3 is 6.03 Å². The van der Waals surface area contributed by atoms with Crippen molar-refractivity contribution >= 4 is 23.0 Å². The maximum atomic E-state index is 13.4. The Balaban J connectivity index is 1.68. The molecular weight excluding hydrogens is 390 g/mol. The molecule has 2 amide bonds. The van der Waals surface area contributed by atoms with Crippen LogP contribution in [0.5, 0.6) is 0 Å². The summed E-state index contributed by atoms with van der Waals surface area (Å²) < 4.78 is 0. The lowest BCUT2D eigenvalue weighted by molar-refractivity contribution is -0.384. The molecule has 0 bridgehead atoms. The molecule has 4 rings (SSSR count). The van der Waals surface area contributed by atoms with Crippen LogP contribution in [0, 0.1) is 17.0 Å². The molecule has 1 aliphatic rings. The van der Waals surface area contributed by atoms with Crippen molar-refractivity contribution in [3.8, 4) is 0 Å². The van der Waals surface area contributed by atoms with Gasteiger partial charge in [0.05, 0.1) is 11.0 Å². The predicted octanol–water partition coefficient (Wildman–Crippen LogP) is 5.43. The molecule has 31 heavy (non-hydrogen) atoms. The minimum absolute atomic E-state index is 0.00884. The van der Waals surface area contributed by atoms with Gasteiger partial charge in [0.2, 0.25) is 0 Å². The van der Waals surface area contributed by atoms with E-state index in [1.807, 2.05) is 61.5 Å². The maximum Gasteiger partial charge on any atom is 0.325 e. The molecule has 1 unspecified atom stereocenters. The molecule has 0 aromatic heterocycles. The lowest BCUT2D eigenvalue weighted by Gasteiger charge is -2.25. The first-order chi connectivity index (χ1) is 14.9. The molecular formula is C25H23N3O3. The second-order valence-corrected chi connectivity index (χ2v) is 7.70. The summed E-state index contributed by atoms with van der Waals surface area (Å²) in [5.74, 6) is 0. The normalized spacial score (nSPS) is 15.9. The number of hydrogen-bond donors (Lipinski definition) is 0. The lowest BCUT2D eigenvalue weighted by Crippen LogP contribution is -2.35. The van der Waals surface area contributed by atoms with Crippen LogP contribution < -0.4 is 4.90 Å². The molecule has 1 saturated heterocycles. The number of carbonyl (C=O) groups excluding carboxylic acids is 1. The van der Waals surface area contributed by atoms with Crippen LogP contribution in [0.25, 0.3) is 5.57 Å². The second-order valence-electron chi connectivity index (χ2n) is 7.70. The third-order valence-corrected chi connectivity index (χ3v) is 5.56. The first kappa shape index (κ1) is 20.3. The highest BCUT2D eigenvalue weighted by Crippen LogP contribution is 2.33. The average molecular weight is 413 g/mol. The number of amides is 2.